The molecule has 3 heteroatoms. The summed E-state index contributed by atoms with van der Waals surface area (Å²) >= 11 is 0. The molecule has 3 aliphatic rings. The largest absolute Gasteiger partial charge is 0.497 e. The molecule has 3 nitrogen and oxygen atoms in total. The van der Waals surface area contributed by atoms with E-state index < -0.39 is 5.60 Å². The van der Waals surface area contributed by atoms with Crippen molar-refractivity contribution in [2.45, 2.75) is 56.0 Å². The third-order valence-corrected chi connectivity index (χ3v) is 10.7. The van der Waals surface area contributed by atoms with Crippen molar-refractivity contribution in [3.8, 4) is 22.6 Å². The summed E-state index contributed by atoms with van der Waals surface area (Å²) in [6.07, 6.45) is 13.6. The average Bonchev–Trinajstić information content (AvgIpc) is 3.37. The predicted octanol–water partition coefficient (Wildman–Crippen LogP) is 10.3. The van der Waals surface area contributed by atoms with E-state index in [0.29, 0.717) is 0 Å². The molecule has 226 valence electrons. The Kier molecular flexibility index (Phi) is 6.75. The lowest BCUT2D eigenvalue weighted by Gasteiger charge is -2.40. The van der Waals surface area contributed by atoms with Gasteiger partial charge >= 0.3 is 0 Å². The van der Waals surface area contributed by atoms with Gasteiger partial charge in [-0.3, -0.25) is 0 Å². The maximum atomic E-state index is 7.55. The lowest BCUT2D eigenvalue weighted by molar-refractivity contribution is 0.163. The molecule has 45 heavy (non-hydrogen) atoms. The average molecular weight is 592 g/mol. The van der Waals surface area contributed by atoms with Gasteiger partial charge in [0.1, 0.15) is 11.5 Å². The number of fused-ring (bicyclic) bond motifs is 10. The van der Waals surface area contributed by atoms with Gasteiger partial charge in [-0.1, -0.05) is 111 Å². The van der Waals surface area contributed by atoms with Crippen molar-refractivity contribution >= 4 is 22.5 Å². The first-order valence-corrected chi connectivity index (χ1v) is 16.6. The van der Waals surface area contributed by atoms with E-state index in [-0.39, 0.29) is 5.41 Å². The van der Waals surface area contributed by atoms with Crippen molar-refractivity contribution in [1.82, 2.24) is 0 Å². The van der Waals surface area contributed by atoms with Gasteiger partial charge in [0.25, 0.3) is 0 Å². The number of hydrogen-bond donors (Lipinski definition) is 0. The van der Waals surface area contributed by atoms with Gasteiger partial charge in [0.15, 0.2) is 5.60 Å². The molecule has 1 spiro atoms. The van der Waals surface area contributed by atoms with Crippen LogP contribution in [0.4, 0.5) is 5.69 Å². The molecule has 1 fully saturated rings. The number of anilines is 1. The molecule has 2 aliphatic carbocycles. The van der Waals surface area contributed by atoms with Crippen molar-refractivity contribution < 1.29 is 9.47 Å². The SMILES string of the molecule is COc1ccc(C2(c3ccc(N(C)C)cc3)C=Cc3c4c(c5ccccc5c3O2)-c2ccccc2C42CCCCCCC2)cc1. The number of methoxy groups -OCH3 is 1. The van der Waals surface area contributed by atoms with E-state index in [9.17, 15) is 0 Å². The highest BCUT2D eigenvalue weighted by Crippen LogP contribution is 2.61. The second-order valence-corrected chi connectivity index (χ2v) is 13.3. The van der Waals surface area contributed by atoms with Gasteiger partial charge in [-0.2, -0.15) is 0 Å². The molecule has 8 rings (SSSR count). The maximum absolute atomic E-state index is 7.55. The smallest absolute Gasteiger partial charge is 0.178 e. The number of hydrogen-bond acceptors (Lipinski definition) is 3. The molecule has 0 saturated heterocycles. The molecule has 1 heterocycles. The number of benzene rings is 5. The first kappa shape index (κ1) is 28.0. The number of rotatable bonds is 4. The molecule has 1 unspecified atom stereocenters. The number of ether oxygens (including phenoxy) is 2. The van der Waals surface area contributed by atoms with E-state index in [2.05, 4.69) is 116 Å². The second kappa shape index (κ2) is 10.8. The van der Waals surface area contributed by atoms with Gasteiger partial charge in [0.2, 0.25) is 0 Å². The zero-order valence-corrected chi connectivity index (χ0v) is 26.6. The molecule has 0 N–H and O–H groups in total. The van der Waals surface area contributed by atoms with Crippen LogP contribution >= 0.6 is 0 Å². The summed E-state index contributed by atoms with van der Waals surface area (Å²) in [7, 11) is 5.88. The van der Waals surface area contributed by atoms with Gasteiger partial charge in [-0.25, -0.2) is 0 Å². The van der Waals surface area contributed by atoms with Crippen molar-refractivity contribution in [2.24, 2.45) is 0 Å². The Morgan fingerprint density at radius 3 is 2.00 bits per heavy atom. The normalized spacial score (nSPS) is 19.6. The molecule has 0 aromatic heterocycles. The Balaban J connectivity index is 1.41. The molecular formula is C42H41NO2. The summed E-state index contributed by atoms with van der Waals surface area (Å²) in [4.78, 5) is 2.14. The van der Waals surface area contributed by atoms with Crippen molar-refractivity contribution in [3.05, 3.63) is 131 Å². The molecule has 5 aromatic carbocycles. The van der Waals surface area contributed by atoms with E-state index >= 15 is 0 Å². The summed E-state index contributed by atoms with van der Waals surface area (Å²) in [6, 6.07) is 35.4. The Bertz CT molecular complexity index is 1910. The molecule has 1 aliphatic heterocycles. The Morgan fingerprint density at radius 1 is 0.689 bits per heavy atom. The minimum absolute atomic E-state index is 0.00162. The van der Waals surface area contributed by atoms with Gasteiger partial charge < -0.3 is 14.4 Å². The maximum Gasteiger partial charge on any atom is 0.178 e. The van der Waals surface area contributed by atoms with Crippen LogP contribution in [0.2, 0.25) is 0 Å². The van der Waals surface area contributed by atoms with Crippen molar-refractivity contribution in [1.29, 1.82) is 0 Å². The van der Waals surface area contributed by atoms with Crippen molar-refractivity contribution in [3.63, 3.8) is 0 Å². The topological polar surface area (TPSA) is 21.7 Å². The molecule has 1 saturated carbocycles. The molecule has 0 radical (unpaired) electrons. The van der Waals surface area contributed by atoms with Crippen LogP contribution in [-0.2, 0) is 11.0 Å². The third-order valence-electron chi connectivity index (χ3n) is 10.7. The predicted molar refractivity (Wildman–Crippen MR) is 187 cm³/mol. The fourth-order valence-electron chi connectivity index (χ4n) is 8.47. The van der Waals surface area contributed by atoms with Gasteiger partial charge in [0.05, 0.1) is 7.11 Å². The Labute approximate surface area is 267 Å². The lowest BCUT2D eigenvalue weighted by Crippen LogP contribution is -2.35. The van der Waals surface area contributed by atoms with Crippen LogP contribution < -0.4 is 14.4 Å². The summed E-state index contributed by atoms with van der Waals surface area (Å²) in [6.45, 7) is 0. The molecular weight excluding hydrogens is 550 g/mol. The van der Waals surface area contributed by atoms with Crippen LogP contribution in [0.5, 0.6) is 11.5 Å². The Morgan fingerprint density at radius 2 is 1.31 bits per heavy atom. The number of nitrogens with zero attached hydrogens (tertiary/aromatic N) is 1. The quantitative estimate of drug-likeness (QED) is 0.208. The second-order valence-electron chi connectivity index (χ2n) is 13.3. The van der Waals surface area contributed by atoms with Gasteiger partial charge in [-0.15, -0.1) is 0 Å². The first-order valence-electron chi connectivity index (χ1n) is 16.6. The lowest BCUT2D eigenvalue weighted by atomic mass is 9.67. The molecule has 0 amide bonds. The fourth-order valence-corrected chi connectivity index (χ4v) is 8.47. The zero-order chi connectivity index (χ0) is 30.6. The molecule has 1 atom stereocenters. The molecule has 5 aromatic rings. The van der Waals surface area contributed by atoms with E-state index in [0.717, 1.165) is 28.3 Å². The Hall–Kier alpha value is -4.50. The third kappa shape index (κ3) is 4.24. The summed E-state index contributed by atoms with van der Waals surface area (Å²) in [5, 5.41) is 2.47. The molecule has 0 bridgehead atoms. The highest BCUT2D eigenvalue weighted by molar-refractivity contribution is 6.08. The van der Waals surface area contributed by atoms with Crippen LogP contribution in [0.25, 0.3) is 28.0 Å². The zero-order valence-electron chi connectivity index (χ0n) is 26.6. The minimum atomic E-state index is -0.791. The highest BCUT2D eigenvalue weighted by atomic mass is 16.5. The van der Waals surface area contributed by atoms with Crippen molar-refractivity contribution in [2.75, 3.05) is 26.1 Å². The highest BCUT2D eigenvalue weighted by Gasteiger charge is 2.48. The van der Waals surface area contributed by atoms with Gasteiger partial charge in [0, 0.05) is 47.3 Å². The van der Waals surface area contributed by atoms with E-state index in [4.69, 9.17) is 9.47 Å². The summed E-state index contributed by atoms with van der Waals surface area (Å²) in [5.41, 5.74) is 9.65. The first-order chi connectivity index (χ1) is 22.1. The summed E-state index contributed by atoms with van der Waals surface area (Å²) in [5.74, 6) is 1.83. The van der Waals surface area contributed by atoms with Gasteiger partial charge in [-0.05, 0) is 70.8 Å². The van der Waals surface area contributed by atoms with Crippen LogP contribution in [0.1, 0.15) is 72.8 Å². The standard InChI is InChI=1S/C42H41NO2/c1-43(2)31-21-17-29(18-22-31)42(30-19-23-32(44-3)24-20-30)28-25-36-39-38(33-13-7-8-14-34(33)40(36)45-42)35-15-9-10-16-37(35)41(39)26-11-5-4-6-12-27-41/h7-10,13-25,28H,4-6,11-12,26-27H2,1-3H3. The van der Waals surface area contributed by atoms with E-state index in [1.807, 2.05) is 12.1 Å². The summed E-state index contributed by atoms with van der Waals surface area (Å²) < 4.78 is 13.1. The monoisotopic (exact) mass is 591 g/mol. The van der Waals surface area contributed by atoms with Crippen LogP contribution in [-0.4, -0.2) is 21.2 Å². The van der Waals surface area contributed by atoms with Crippen LogP contribution in [0, 0.1) is 0 Å². The van der Waals surface area contributed by atoms with E-state index in [1.165, 1.54) is 83.5 Å². The van der Waals surface area contributed by atoms with Crippen LogP contribution in [0.3, 0.4) is 0 Å². The van der Waals surface area contributed by atoms with Crippen LogP contribution in [0.15, 0.2) is 103 Å². The fraction of sp³-hybridized carbons (Fsp3) is 0.286. The minimum Gasteiger partial charge on any atom is -0.497 e. The van der Waals surface area contributed by atoms with E-state index in [1.54, 1.807) is 7.11 Å².